The number of carbonyl (C=O) groups is 1. The maximum Gasteiger partial charge on any atom is 0.224 e. The largest absolute Gasteiger partial charge is 0.448 e. The van der Waals surface area contributed by atoms with Gasteiger partial charge in [-0.1, -0.05) is 0 Å². The third-order valence-electron chi connectivity index (χ3n) is 2.76. The maximum atomic E-state index is 11.6. The topological polar surface area (TPSA) is 106 Å². The first-order valence-corrected chi connectivity index (χ1v) is 6.74. The fourth-order valence-corrected chi connectivity index (χ4v) is 2.55. The number of nitrogens with two attached hydrogens (primary N) is 1. The number of likely N-dealkylation sites (tertiary alicyclic amines) is 1. The zero-order chi connectivity index (χ0) is 12.5. The average molecular weight is 259 g/mol. The Balaban J connectivity index is 1.93. The highest BCUT2D eigenvalue weighted by atomic mass is 32.2. The molecule has 1 amide bonds. The van der Waals surface area contributed by atoms with Crippen LogP contribution >= 0.6 is 0 Å². The Kier molecular flexibility index (Phi) is 3.16. The number of rotatable bonds is 4. The second-order valence-corrected chi connectivity index (χ2v) is 5.82. The number of sulfonamides is 1. The lowest BCUT2D eigenvalue weighted by Crippen LogP contribution is -2.33. The lowest BCUT2D eigenvalue weighted by Gasteiger charge is -2.14. The molecular weight excluding hydrogens is 246 g/mol. The molecule has 7 nitrogen and oxygen atoms in total. The molecule has 1 unspecified atom stereocenters. The van der Waals surface area contributed by atoms with E-state index in [1.165, 1.54) is 11.3 Å². The highest BCUT2D eigenvalue weighted by Crippen LogP contribution is 2.16. The first-order valence-electron chi connectivity index (χ1n) is 5.13. The van der Waals surface area contributed by atoms with Crippen molar-refractivity contribution in [2.45, 2.75) is 18.1 Å². The summed E-state index contributed by atoms with van der Waals surface area (Å²) in [7, 11) is -3.64. The third-order valence-corrected chi connectivity index (χ3v) is 4.00. The molecule has 8 heteroatoms. The van der Waals surface area contributed by atoms with Crippen molar-refractivity contribution in [3.63, 3.8) is 0 Å². The van der Waals surface area contributed by atoms with Crippen molar-refractivity contribution in [3.8, 4) is 0 Å². The molecule has 94 valence electrons. The summed E-state index contributed by atoms with van der Waals surface area (Å²) in [6.07, 6.45) is 3.37. The highest BCUT2D eigenvalue weighted by molar-refractivity contribution is 7.89. The van der Waals surface area contributed by atoms with Gasteiger partial charge >= 0.3 is 0 Å². The Labute approximate surface area is 98.7 Å². The average Bonchev–Trinajstić information content (AvgIpc) is 2.83. The molecule has 0 radical (unpaired) electrons. The van der Waals surface area contributed by atoms with Crippen LogP contribution in [0.5, 0.6) is 0 Å². The van der Waals surface area contributed by atoms with Crippen LogP contribution in [0.25, 0.3) is 0 Å². The van der Waals surface area contributed by atoms with E-state index in [4.69, 9.17) is 9.56 Å². The smallest absolute Gasteiger partial charge is 0.224 e. The molecule has 0 saturated carbocycles. The van der Waals surface area contributed by atoms with Gasteiger partial charge in [-0.15, -0.1) is 0 Å². The van der Waals surface area contributed by atoms with Gasteiger partial charge in [0.1, 0.15) is 11.0 Å². The van der Waals surface area contributed by atoms with Gasteiger partial charge in [0.15, 0.2) is 6.39 Å². The first-order chi connectivity index (χ1) is 7.97. The molecule has 1 aliphatic heterocycles. The van der Waals surface area contributed by atoms with Crippen LogP contribution < -0.4 is 5.14 Å². The van der Waals surface area contributed by atoms with Crippen molar-refractivity contribution < 1.29 is 17.6 Å². The van der Waals surface area contributed by atoms with Crippen LogP contribution in [0.1, 0.15) is 12.2 Å². The Bertz CT molecular complexity index is 496. The summed E-state index contributed by atoms with van der Waals surface area (Å²) < 4.78 is 27.3. The zero-order valence-corrected chi connectivity index (χ0v) is 9.89. The molecule has 1 saturated heterocycles. The van der Waals surface area contributed by atoms with E-state index in [1.807, 2.05) is 0 Å². The van der Waals surface area contributed by atoms with Gasteiger partial charge in [0.25, 0.3) is 0 Å². The summed E-state index contributed by atoms with van der Waals surface area (Å²) >= 11 is 0. The van der Waals surface area contributed by atoms with E-state index in [0.29, 0.717) is 18.7 Å². The molecule has 0 spiro atoms. The van der Waals surface area contributed by atoms with Crippen molar-refractivity contribution in [1.82, 2.24) is 9.88 Å². The number of aromatic nitrogens is 1. The van der Waals surface area contributed by atoms with E-state index in [2.05, 4.69) is 4.98 Å². The van der Waals surface area contributed by atoms with Crippen LogP contribution in [0.4, 0.5) is 0 Å². The van der Waals surface area contributed by atoms with Gasteiger partial charge in [-0.05, 0) is 0 Å². The molecule has 17 heavy (non-hydrogen) atoms. The molecule has 2 heterocycles. The van der Waals surface area contributed by atoms with E-state index in [0.717, 1.165) is 0 Å². The van der Waals surface area contributed by atoms with Crippen LogP contribution in [0.15, 0.2) is 17.0 Å². The second-order valence-electron chi connectivity index (χ2n) is 3.97. The van der Waals surface area contributed by atoms with E-state index < -0.39 is 15.3 Å². The van der Waals surface area contributed by atoms with Crippen molar-refractivity contribution in [2.75, 3.05) is 13.1 Å². The van der Waals surface area contributed by atoms with E-state index in [1.54, 1.807) is 6.20 Å². The SMILES string of the molecule is NS(=O)(=O)C1CC(=O)N(CCc2cnco2)C1. The van der Waals surface area contributed by atoms with Gasteiger partial charge in [-0.2, -0.15) is 0 Å². The fourth-order valence-electron chi connectivity index (χ4n) is 1.78. The lowest BCUT2D eigenvalue weighted by atomic mass is 10.3. The molecule has 0 aliphatic carbocycles. The quantitative estimate of drug-likeness (QED) is 0.754. The zero-order valence-electron chi connectivity index (χ0n) is 9.07. The molecule has 1 atom stereocenters. The Hall–Kier alpha value is -1.41. The Morgan fingerprint density at radius 1 is 1.59 bits per heavy atom. The van der Waals surface area contributed by atoms with Crippen LogP contribution in [0.3, 0.4) is 0 Å². The lowest BCUT2D eigenvalue weighted by molar-refractivity contribution is -0.127. The number of hydrogen-bond acceptors (Lipinski definition) is 5. The summed E-state index contributed by atoms with van der Waals surface area (Å²) in [5.74, 6) is 0.473. The predicted molar refractivity (Wildman–Crippen MR) is 58.3 cm³/mol. The standard InChI is InChI=1S/C9H13N3O4S/c10-17(14,15)8-3-9(13)12(5-8)2-1-7-4-11-6-16-7/h4,6,8H,1-3,5H2,(H2,10,14,15). The monoisotopic (exact) mass is 259 g/mol. The molecule has 2 N–H and O–H groups in total. The molecular formula is C9H13N3O4S. The van der Waals surface area contributed by atoms with Crippen LogP contribution in [-0.4, -0.2) is 42.5 Å². The van der Waals surface area contributed by atoms with E-state index in [9.17, 15) is 13.2 Å². The third kappa shape index (κ3) is 2.83. The number of primary sulfonamides is 1. The molecule has 0 bridgehead atoms. The van der Waals surface area contributed by atoms with Gasteiger partial charge in [0, 0.05) is 25.9 Å². The predicted octanol–water partition coefficient (Wildman–Crippen LogP) is -0.893. The maximum absolute atomic E-state index is 11.6. The summed E-state index contributed by atoms with van der Waals surface area (Å²) in [5.41, 5.74) is 0. The first kappa shape index (κ1) is 12.1. The van der Waals surface area contributed by atoms with Crippen molar-refractivity contribution >= 4 is 15.9 Å². The van der Waals surface area contributed by atoms with Crippen LogP contribution in [0, 0.1) is 0 Å². The summed E-state index contributed by atoms with van der Waals surface area (Å²) in [6, 6.07) is 0. The molecule has 1 aromatic heterocycles. The Morgan fingerprint density at radius 2 is 2.35 bits per heavy atom. The number of oxazole rings is 1. The molecule has 1 fully saturated rings. The number of carbonyl (C=O) groups excluding carboxylic acids is 1. The van der Waals surface area contributed by atoms with Crippen LogP contribution in [0.2, 0.25) is 0 Å². The van der Waals surface area contributed by atoms with Gasteiger partial charge in [0.2, 0.25) is 15.9 Å². The second kappa shape index (κ2) is 4.46. The highest BCUT2D eigenvalue weighted by Gasteiger charge is 2.36. The normalized spacial score (nSPS) is 21.1. The summed E-state index contributed by atoms with van der Waals surface area (Å²) in [6.45, 7) is 0.575. The number of nitrogens with zero attached hydrogens (tertiary/aromatic N) is 2. The molecule has 1 aromatic rings. The minimum absolute atomic E-state index is 0.0325. The summed E-state index contributed by atoms with van der Waals surface area (Å²) in [4.78, 5) is 16.8. The van der Waals surface area contributed by atoms with Crippen molar-refractivity contribution in [3.05, 3.63) is 18.4 Å². The van der Waals surface area contributed by atoms with Gasteiger partial charge in [-0.3, -0.25) is 4.79 Å². The van der Waals surface area contributed by atoms with E-state index >= 15 is 0 Å². The van der Waals surface area contributed by atoms with Gasteiger partial charge in [-0.25, -0.2) is 18.5 Å². The fraction of sp³-hybridized carbons (Fsp3) is 0.556. The van der Waals surface area contributed by atoms with Gasteiger partial charge < -0.3 is 9.32 Å². The number of amides is 1. The van der Waals surface area contributed by atoms with E-state index in [-0.39, 0.29) is 18.9 Å². The minimum atomic E-state index is -3.64. The van der Waals surface area contributed by atoms with Crippen molar-refractivity contribution in [2.24, 2.45) is 5.14 Å². The Morgan fingerprint density at radius 3 is 2.88 bits per heavy atom. The van der Waals surface area contributed by atoms with Crippen LogP contribution in [-0.2, 0) is 21.2 Å². The van der Waals surface area contributed by atoms with Crippen molar-refractivity contribution in [1.29, 1.82) is 0 Å². The molecule has 1 aliphatic rings. The van der Waals surface area contributed by atoms with Gasteiger partial charge in [0.05, 0.1) is 6.20 Å². The molecule has 2 rings (SSSR count). The summed E-state index contributed by atoms with van der Waals surface area (Å²) in [5, 5.41) is 4.23. The molecule has 0 aromatic carbocycles. The minimum Gasteiger partial charge on any atom is -0.448 e. The number of hydrogen-bond donors (Lipinski definition) is 1.